The van der Waals surface area contributed by atoms with Crippen molar-refractivity contribution in [2.45, 2.75) is 44.2 Å². The fraction of sp³-hybridized carbons (Fsp3) is 0.625. The maximum absolute atomic E-state index is 12.4. The van der Waals surface area contributed by atoms with Crippen LogP contribution in [0.2, 0.25) is 0 Å². The van der Waals surface area contributed by atoms with E-state index in [0.717, 1.165) is 0 Å². The lowest BCUT2D eigenvalue weighted by Gasteiger charge is -2.24. The first kappa shape index (κ1) is 19.3. The van der Waals surface area contributed by atoms with Gasteiger partial charge in [0, 0.05) is 19.0 Å². The Balaban J connectivity index is 1.75. The zero-order valence-corrected chi connectivity index (χ0v) is 16.4. The first-order chi connectivity index (χ1) is 13.8. The van der Waals surface area contributed by atoms with Gasteiger partial charge in [-0.2, -0.15) is 4.98 Å². The summed E-state index contributed by atoms with van der Waals surface area (Å²) in [5, 5.41) is 3.61. The molecule has 2 aromatic heterocycles. The Labute approximate surface area is 164 Å². The van der Waals surface area contributed by atoms with E-state index in [-0.39, 0.29) is 18.0 Å². The molecule has 1 unspecified atom stereocenters. The van der Waals surface area contributed by atoms with Crippen molar-refractivity contribution in [3.05, 3.63) is 27.1 Å². The Bertz CT molecular complexity index is 1050. The highest BCUT2D eigenvalue weighted by molar-refractivity contribution is 5.71. The molecule has 154 valence electrons. The maximum Gasteiger partial charge on any atom is 0.280 e. The second kappa shape index (κ2) is 7.12. The van der Waals surface area contributed by atoms with E-state index in [1.54, 1.807) is 37.4 Å². The number of hydrogen-bond donors (Lipinski definition) is 1. The second-order valence-corrected chi connectivity index (χ2v) is 7.47. The molecule has 13 nitrogen and oxygen atoms in total. The summed E-state index contributed by atoms with van der Waals surface area (Å²) in [7, 11) is 3.61. The molecule has 0 spiro atoms. The van der Waals surface area contributed by atoms with Gasteiger partial charge >= 0.3 is 0 Å². The molecule has 0 radical (unpaired) electrons. The van der Waals surface area contributed by atoms with Gasteiger partial charge in [-0.05, 0) is 19.4 Å². The maximum atomic E-state index is 12.4. The van der Waals surface area contributed by atoms with Crippen LogP contribution in [0.4, 0.5) is 5.95 Å². The average molecular weight is 403 g/mol. The van der Waals surface area contributed by atoms with Crippen LogP contribution < -0.4 is 5.56 Å². The van der Waals surface area contributed by atoms with Crippen LogP contribution in [-0.2, 0) is 14.2 Å². The van der Waals surface area contributed by atoms with Gasteiger partial charge in [0.2, 0.25) is 5.95 Å². The minimum Gasteiger partial charge on any atom is -0.369 e. The first-order valence-electron chi connectivity index (χ1n) is 8.98. The van der Waals surface area contributed by atoms with E-state index < -0.39 is 35.9 Å². The molecule has 2 aliphatic rings. The van der Waals surface area contributed by atoms with E-state index in [1.807, 2.05) is 0 Å². The number of rotatable bonds is 5. The lowest BCUT2D eigenvalue weighted by Crippen LogP contribution is -2.31. The third-order valence-electron chi connectivity index (χ3n) is 4.56. The Morgan fingerprint density at radius 2 is 2.17 bits per heavy atom. The van der Waals surface area contributed by atoms with Crippen molar-refractivity contribution in [3.8, 4) is 0 Å². The molecule has 0 amide bonds. The van der Waals surface area contributed by atoms with E-state index in [0.29, 0.717) is 5.65 Å². The highest BCUT2D eigenvalue weighted by Crippen LogP contribution is 2.43. The van der Waals surface area contributed by atoms with Gasteiger partial charge < -0.3 is 19.1 Å². The number of azide groups is 1. The van der Waals surface area contributed by atoms with Crippen molar-refractivity contribution >= 4 is 23.5 Å². The summed E-state index contributed by atoms with van der Waals surface area (Å²) in [5.41, 5.74) is 8.71. The molecule has 0 saturated carbocycles. The van der Waals surface area contributed by atoms with Crippen molar-refractivity contribution in [2.24, 2.45) is 10.1 Å². The number of fused-ring (bicyclic) bond motifs is 2. The molecule has 0 aliphatic carbocycles. The fourth-order valence-corrected chi connectivity index (χ4v) is 3.48. The number of nitrogens with one attached hydrogen (secondary N) is 1. The largest absolute Gasteiger partial charge is 0.369 e. The van der Waals surface area contributed by atoms with Crippen molar-refractivity contribution in [1.29, 1.82) is 0 Å². The Morgan fingerprint density at radius 3 is 2.90 bits per heavy atom. The highest BCUT2D eigenvalue weighted by atomic mass is 16.8. The molecule has 2 fully saturated rings. The number of aliphatic imine (C=N–C) groups is 1. The smallest absolute Gasteiger partial charge is 0.280 e. The second-order valence-electron chi connectivity index (χ2n) is 7.47. The topological polar surface area (TPSA) is 156 Å². The minimum absolute atomic E-state index is 0.0899. The van der Waals surface area contributed by atoms with Crippen molar-refractivity contribution < 1.29 is 14.2 Å². The summed E-state index contributed by atoms with van der Waals surface area (Å²) in [6, 6.07) is 0. The van der Waals surface area contributed by atoms with Gasteiger partial charge in [0.15, 0.2) is 23.2 Å². The standard InChI is InChI=1S/C16H21N9O4/c1-16(2)28-10-8(5-20-23-17)27-14(11(10)29-16)25-7-18-9-12(25)21-15(22-13(9)26)19-6-24(3)4/h6-8,10-11,14H,5H2,1-4H3,(H,21,22,26)/b19-6+/t8-,10?,11+,14-/m1/s1. The van der Waals surface area contributed by atoms with E-state index in [4.69, 9.17) is 19.7 Å². The van der Waals surface area contributed by atoms with Crippen LogP contribution >= 0.6 is 0 Å². The normalized spacial score (nSPS) is 28.0. The molecule has 2 saturated heterocycles. The van der Waals surface area contributed by atoms with Gasteiger partial charge in [-0.15, -0.1) is 0 Å². The number of nitrogens with zero attached hydrogens (tertiary/aromatic N) is 8. The molecule has 2 aliphatic heterocycles. The Hall–Kier alpha value is -2.99. The predicted octanol–water partition coefficient (Wildman–Crippen LogP) is 1.07. The first-order valence-corrected chi connectivity index (χ1v) is 8.98. The highest BCUT2D eigenvalue weighted by Gasteiger charge is 2.55. The van der Waals surface area contributed by atoms with Gasteiger partial charge in [0.1, 0.15) is 12.2 Å². The van der Waals surface area contributed by atoms with Crippen LogP contribution in [-0.4, -0.2) is 75.5 Å². The number of hydrogen-bond acceptors (Lipinski definition) is 8. The van der Waals surface area contributed by atoms with Crippen LogP contribution in [0.3, 0.4) is 0 Å². The number of aromatic nitrogens is 4. The third kappa shape index (κ3) is 3.56. The van der Waals surface area contributed by atoms with Crippen LogP contribution in [0.5, 0.6) is 0 Å². The number of ether oxygens (including phenoxy) is 3. The zero-order chi connectivity index (χ0) is 20.8. The monoisotopic (exact) mass is 403 g/mol. The van der Waals surface area contributed by atoms with Crippen LogP contribution in [0, 0.1) is 0 Å². The molecule has 4 atom stereocenters. The molecule has 0 bridgehead atoms. The van der Waals surface area contributed by atoms with E-state index in [9.17, 15) is 4.79 Å². The molecule has 29 heavy (non-hydrogen) atoms. The molecule has 13 heteroatoms. The van der Waals surface area contributed by atoms with E-state index >= 15 is 0 Å². The summed E-state index contributed by atoms with van der Waals surface area (Å²) in [6.45, 7) is 3.69. The Kier molecular flexibility index (Phi) is 4.74. The fourth-order valence-electron chi connectivity index (χ4n) is 3.48. The van der Waals surface area contributed by atoms with Gasteiger partial charge in [-0.1, -0.05) is 5.11 Å². The third-order valence-corrected chi connectivity index (χ3v) is 4.56. The molecular weight excluding hydrogens is 382 g/mol. The molecule has 1 N–H and O–H groups in total. The van der Waals surface area contributed by atoms with Crippen molar-refractivity contribution in [3.63, 3.8) is 0 Å². The molecular formula is C16H21N9O4. The van der Waals surface area contributed by atoms with Crippen LogP contribution in [0.1, 0.15) is 20.1 Å². The average Bonchev–Trinajstić information content (AvgIpc) is 3.29. The number of imidazole rings is 1. The molecule has 2 aromatic rings. The SMILES string of the molecule is CN(C)/C=N/c1nc2c(ncn2[C@@H]2O[C@H](CN=[N+]=[N-])C3OC(C)(C)O[C@@H]32)c(=O)[nH]1. The minimum atomic E-state index is -0.825. The summed E-state index contributed by atoms with van der Waals surface area (Å²) in [5.74, 6) is -0.684. The van der Waals surface area contributed by atoms with Gasteiger partial charge in [0.05, 0.1) is 25.3 Å². The predicted molar refractivity (Wildman–Crippen MR) is 102 cm³/mol. The Morgan fingerprint density at radius 1 is 1.41 bits per heavy atom. The van der Waals surface area contributed by atoms with Crippen molar-refractivity contribution in [2.75, 3.05) is 20.6 Å². The number of aromatic amines is 1. The summed E-state index contributed by atoms with van der Waals surface area (Å²) >= 11 is 0. The summed E-state index contributed by atoms with van der Waals surface area (Å²) in [6.07, 6.45) is 0.902. The summed E-state index contributed by atoms with van der Waals surface area (Å²) in [4.78, 5) is 32.2. The van der Waals surface area contributed by atoms with Gasteiger partial charge in [0.25, 0.3) is 5.56 Å². The van der Waals surface area contributed by atoms with Crippen molar-refractivity contribution in [1.82, 2.24) is 24.4 Å². The molecule has 4 heterocycles. The van der Waals surface area contributed by atoms with Gasteiger partial charge in [-0.3, -0.25) is 14.3 Å². The number of H-pyrrole nitrogens is 1. The van der Waals surface area contributed by atoms with Crippen LogP contribution in [0.15, 0.2) is 21.2 Å². The lowest BCUT2D eigenvalue weighted by molar-refractivity contribution is -0.195. The molecule has 0 aromatic carbocycles. The quantitative estimate of drug-likeness (QED) is 0.257. The summed E-state index contributed by atoms with van der Waals surface area (Å²) < 4.78 is 19.7. The van der Waals surface area contributed by atoms with Crippen LogP contribution in [0.25, 0.3) is 21.6 Å². The molecule has 4 rings (SSSR count). The lowest BCUT2D eigenvalue weighted by atomic mass is 10.1. The van der Waals surface area contributed by atoms with Gasteiger partial charge in [-0.25, -0.2) is 9.98 Å². The van der Waals surface area contributed by atoms with E-state index in [2.05, 4.69) is 30.0 Å². The zero-order valence-electron chi connectivity index (χ0n) is 16.4. The van der Waals surface area contributed by atoms with E-state index in [1.165, 1.54) is 12.7 Å².